The number of carbonyl (C=O) groups is 2. The first-order chi connectivity index (χ1) is 14.5. The van der Waals surface area contributed by atoms with Crippen molar-refractivity contribution in [3.8, 4) is 11.5 Å². The highest BCUT2D eigenvalue weighted by Gasteiger charge is 2.35. The van der Waals surface area contributed by atoms with Crippen molar-refractivity contribution >= 4 is 28.8 Å². The van der Waals surface area contributed by atoms with Gasteiger partial charge in [-0.25, -0.2) is 4.79 Å². The van der Waals surface area contributed by atoms with Crippen LogP contribution in [0.25, 0.3) is 17.0 Å². The number of hydrogen-bond acceptors (Lipinski definition) is 7. The summed E-state index contributed by atoms with van der Waals surface area (Å²) in [5.74, 6) is -1.72. The molecule has 2 heterocycles. The molecule has 0 aliphatic carbocycles. The maximum Gasteiger partial charge on any atom is 0.336 e. The van der Waals surface area contributed by atoms with E-state index in [1.54, 1.807) is 26.0 Å². The summed E-state index contributed by atoms with van der Waals surface area (Å²) in [5.41, 5.74) is -0.335. The summed E-state index contributed by atoms with van der Waals surface area (Å²) in [5, 5.41) is 11.6. The van der Waals surface area contributed by atoms with Gasteiger partial charge in [-0.3, -0.25) is 9.59 Å². The zero-order chi connectivity index (χ0) is 23.1. The molecule has 0 radical (unpaired) electrons. The molecule has 1 aliphatic rings. The van der Waals surface area contributed by atoms with Gasteiger partial charge in [0.2, 0.25) is 0 Å². The fraction of sp³-hybridized carbons (Fsp3) is 0.458. The molecule has 0 saturated carbocycles. The third-order valence-electron chi connectivity index (χ3n) is 5.49. The standard InChI is InChI=1S/C24H28O7/c1-7-8-15-11-17(26)30-23-18(15)22-16(9-10-24(5,6)31-22)21(28)19(23)20(27)12(2)13(3)29-14(4)25/h9-13,28H,7-8H2,1-6H3/t12-,13-/m0/s1/i3+2,13+2. The van der Waals surface area contributed by atoms with Crippen LogP contribution in [-0.2, 0) is 16.0 Å². The van der Waals surface area contributed by atoms with Gasteiger partial charge in [-0.2, -0.15) is 0 Å². The molecule has 0 bridgehead atoms. The normalized spacial score (nSPS) is 16.3. The van der Waals surface area contributed by atoms with Crippen LogP contribution >= 0.6 is 0 Å². The minimum atomic E-state index is -0.777. The Hall–Kier alpha value is -3.09. The maximum absolute atomic E-state index is 13.4. The predicted octanol–water partition coefficient (Wildman–Crippen LogP) is 4.41. The van der Waals surface area contributed by atoms with E-state index in [-0.39, 0.29) is 16.9 Å². The van der Waals surface area contributed by atoms with E-state index in [1.165, 1.54) is 13.0 Å². The van der Waals surface area contributed by atoms with Gasteiger partial charge in [-0.15, -0.1) is 0 Å². The molecular weight excluding hydrogens is 404 g/mol. The van der Waals surface area contributed by atoms with E-state index in [2.05, 4.69) is 0 Å². The van der Waals surface area contributed by atoms with Crippen molar-refractivity contribution in [1.82, 2.24) is 0 Å². The number of ether oxygens (including phenoxy) is 2. The molecule has 31 heavy (non-hydrogen) atoms. The van der Waals surface area contributed by atoms with Crippen molar-refractivity contribution in [2.45, 2.75) is 66.1 Å². The number of rotatable bonds is 6. The molecule has 2 aromatic rings. The summed E-state index contributed by atoms with van der Waals surface area (Å²) in [4.78, 5) is 37.1. The lowest BCUT2D eigenvalue weighted by molar-refractivity contribution is -0.146. The number of hydrogen-bond donors (Lipinski definition) is 1. The van der Waals surface area contributed by atoms with Crippen LogP contribution in [0, 0.1) is 5.92 Å². The fourth-order valence-electron chi connectivity index (χ4n) is 3.79. The van der Waals surface area contributed by atoms with Gasteiger partial charge in [-0.05, 0) is 44.9 Å². The van der Waals surface area contributed by atoms with Crippen LogP contribution in [0.3, 0.4) is 0 Å². The van der Waals surface area contributed by atoms with E-state index < -0.39 is 35.0 Å². The molecule has 2 atom stereocenters. The molecule has 0 spiro atoms. The van der Waals surface area contributed by atoms with E-state index in [9.17, 15) is 19.5 Å². The van der Waals surface area contributed by atoms with E-state index in [1.807, 2.05) is 20.8 Å². The van der Waals surface area contributed by atoms with E-state index in [0.717, 1.165) is 6.42 Å². The van der Waals surface area contributed by atoms with Crippen LogP contribution in [-0.4, -0.2) is 28.6 Å². The average Bonchev–Trinajstić information content (AvgIpc) is 2.65. The summed E-state index contributed by atoms with van der Waals surface area (Å²) in [7, 11) is 0. The third kappa shape index (κ3) is 4.22. The Morgan fingerprint density at radius 1 is 1.35 bits per heavy atom. The van der Waals surface area contributed by atoms with Gasteiger partial charge in [0.05, 0.1) is 16.9 Å². The second-order valence-corrected chi connectivity index (χ2v) is 8.52. The minimum Gasteiger partial charge on any atom is -0.506 e. The van der Waals surface area contributed by atoms with Crippen molar-refractivity contribution in [1.29, 1.82) is 0 Å². The number of aryl methyl sites for hydroxylation is 1. The predicted molar refractivity (Wildman–Crippen MR) is 117 cm³/mol. The van der Waals surface area contributed by atoms with Crippen LogP contribution in [0.15, 0.2) is 21.4 Å². The SMILES string of the molecule is CCCc1cc(=O)oc2c(C(=O)[C@@H](C)[14C@H]([14CH3])OC(C)=O)c(O)c3c(c12)OC(C)(C)C=C3. The van der Waals surface area contributed by atoms with E-state index in [0.29, 0.717) is 28.7 Å². The Balaban J connectivity index is 2.35. The minimum absolute atomic E-state index is 0.00910. The van der Waals surface area contributed by atoms with Gasteiger partial charge in [0.15, 0.2) is 11.4 Å². The number of phenolic OH excluding ortho intramolecular Hbond substituents is 1. The molecule has 3 rings (SSSR count). The van der Waals surface area contributed by atoms with Crippen LogP contribution in [0.5, 0.6) is 11.5 Å². The first-order valence-corrected chi connectivity index (χ1v) is 10.4. The maximum atomic E-state index is 13.4. The van der Waals surface area contributed by atoms with E-state index >= 15 is 0 Å². The Morgan fingerprint density at radius 3 is 2.65 bits per heavy atom. The molecule has 1 aromatic heterocycles. The Labute approximate surface area is 180 Å². The summed E-state index contributed by atoms with van der Waals surface area (Å²) >= 11 is 0. The first kappa shape index (κ1) is 22.6. The zero-order valence-corrected chi connectivity index (χ0v) is 18.7. The highest BCUT2D eigenvalue weighted by atomic mass is 16.7. The molecule has 1 N–H and O–H groups in total. The number of phenols is 1. The summed E-state index contributed by atoms with van der Waals surface area (Å²) in [6.07, 6.45) is 4.10. The quantitative estimate of drug-likeness (QED) is 0.410. The Kier molecular flexibility index (Phi) is 5.98. The largest absolute Gasteiger partial charge is 0.506 e. The number of benzene rings is 1. The van der Waals surface area contributed by atoms with Crippen molar-refractivity contribution in [3.63, 3.8) is 0 Å². The third-order valence-corrected chi connectivity index (χ3v) is 5.49. The lowest BCUT2D eigenvalue weighted by Crippen LogP contribution is -2.29. The highest BCUT2D eigenvalue weighted by Crippen LogP contribution is 2.46. The topological polar surface area (TPSA) is 103 Å². The van der Waals surface area contributed by atoms with Gasteiger partial charge >= 0.3 is 11.6 Å². The van der Waals surface area contributed by atoms with Crippen molar-refractivity contribution in [2.75, 3.05) is 0 Å². The van der Waals surface area contributed by atoms with E-state index in [4.69, 9.17) is 13.9 Å². The van der Waals surface area contributed by atoms with Crippen LogP contribution in [0.2, 0.25) is 0 Å². The first-order valence-electron chi connectivity index (χ1n) is 10.4. The second kappa shape index (κ2) is 8.21. The van der Waals surface area contributed by atoms with Crippen LogP contribution in [0.4, 0.5) is 0 Å². The summed E-state index contributed by atoms with van der Waals surface area (Å²) in [6.45, 7) is 10.2. The fourth-order valence-corrected chi connectivity index (χ4v) is 3.79. The molecule has 0 unspecified atom stereocenters. The molecular formula is C24H28O7. The van der Waals surface area contributed by atoms with Gasteiger partial charge in [-0.1, -0.05) is 20.3 Å². The van der Waals surface area contributed by atoms with Gasteiger partial charge in [0.1, 0.15) is 28.8 Å². The molecule has 0 fully saturated rings. The molecule has 0 saturated heterocycles. The van der Waals surface area contributed by atoms with Gasteiger partial charge < -0.3 is 19.0 Å². The van der Waals surface area contributed by atoms with Gasteiger partial charge in [0, 0.05) is 13.0 Å². The lowest BCUT2D eigenvalue weighted by Gasteiger charge is -2.30. The second-order valence-electron chi connectivity index (χ2n) is 8.52. The van der Waals surface area contributed by atoms with Gasteiger partial charge in [0.25, 0.3) is 0 Å². The highest BCUT2D eigenvalue weighted by molar-refractivity contribution is 6.13. The number of fused-ring (bicyclic) bond motifs is 3. The molecule has 7 nitrogen and oxygen atoms in total. The van der Waals surface area contributed by atoms with Crippen molar-refractivity contribution in [2.24, 2.45) is 5.92 Å². The lowest BCUT2D eigenvalue weighted by atomic mass is 9.91. The van der Waals surface area contributed by atoms with Crippen LogP contribution < -0.4 is 10.4 Å². The Morgan fingerprint density at radius 2 is 2.03 bits per heavy atom. The molecule has 0 amide bonds. The monoisotopic (exact) mass is 432 g/mol. The summed E-state index contributed by atoms with van der Waals surface area (Å²) < 4.78 is 16.8. The number of aromatic hydroxyl groups is 1. The number of Topliss-reactive ketones (excluding diaryl/α,β-unsaturated/α-hetero) is 1. The molecule has 1 aromatic carbocycles. The molecule has 7 heteroatoms. The summed E-state index contributed by atoms with van der Waals surface area (Å²) in [6, 6.07) is 1.40. The van der Waals surface area contributed by atoms with Crippen molar-refractivity contribution < 1.29 is 28.6 Å². The smallest absolute Gasteiger partial charge is 0.336 e. The zero-order valence-electron chi connectivity index (χ0n) is 18.7. The van der Waals surface area contributed by atoms with Crippen molar-refractivity contribution in [3.05, 3.63) is 39.3 Å². The molecule has 1 aliphatic heterocycles. The Bertz CT molecular complexity index is 1140. The number of ketones is 1. The molecule has 166 valence electrons. The van der Waals surface area contributed by atoms with Crippen LogP contribution in [0.1, 0.15) is 69.4 Å². The number of esters is 1. The average molecular weight is 432 g/mol. The number of carbonyl (C=O) groups excluding carboxylic acids is 2.